The monoisotopic (exact) mass is 524 g/mol. The summed E-state index contributed by atoms with van der Waals surface area (Å²) in [6.07, 6.45) is 5.27. The van der Waals surface area contributed by atoms with Gasteiger partial charge in [-0.1, -0.05) is 54.1 Å². The van der Waals surface area contributed by atoms with E-state index < -0.39 is 6.10 Å². The summed E-state index contributed by atoms with van der Waals surface area (Å²) in [5.74, 6) is 0.561. The van der Waals surface area contributed by atoms with Crippen molar-refractivity contribution in [3.8, 4) is 5.75 Å². The van der Waals surface area contributed by atoms with Crippen molar-refractivity contribution in [2.45, 2.75) is 32.5 Å². The lowest BCUT2D eigenvalue weighted by Crippen LogP contribution is -2.28. The summed E-state index contributed by atoms with van der Waals surface area (Å²) in [5.41, 5.74) is 5.47. The van der Waals surface area contributed by atoms with E-state index in [1.807, 2.05) is 86.7 Å². The molecule has 3 N–H and O–H groups in total. The molecule has 1 aliphatic heterocycles. The van der Waals surface area contributed by atoms with Crippen molar-refractivity contribution in [2.75, 3.05) is 17.2 Å². The first-order valence-electron chi connectivity index (χ1n) is 11.7. The number of ether oxygens (including phenoxy) is 1. The third-order valence-corrected chi connectivity index (χ3v) is 5.86. The fourth-order valence-corrected chi connectivity index (χ4v) is 4.13. The Kier molecular flexibility index (Phi) is 9.59. The maximum Gasteiger partial charge on any atom is 0.248 e. The summed E-state index contributed by atoms with van der Waals surface area (Å²) in [6, 6.07) is 21.2. The number of anilines is 2. The summed E-state index contributed by atoms with van der Waals surface area (Å²) in [6.45, 7) is 4.49. The number of fused-ring (bicyclic) bond motifs is 1. The molecular weight excluding hydrogens is 495 g/mol. The molecule has 0 radical (unpaired) electrons. The van der Waals surface area contributed by atoms with E-state index in [0.717, 1.165) is 33.7 Å². The van der Waals surface area contributed by atoms with Crippen molar-refractivity contribution in [3.63, 3.8) is 0 Å². The number of aliphatic hydroxyl groups is 1. The van der Waals surface area contributed by atoms with E-state index in [1.54, 1.807) is 6.08 Å². The fourth-order valence-electron chi connectivity index (χ4n) is 4.00. The molecule has 0 saturated heterocycles. The highest BCUT2D eigenvalue weighted by molar-refractivity contribution is 6.30. The Bertz CT molecular complexity index is 1240. The number of carbonyl (C=O) groups excluding carboxylic acids is 1. The van der Waals surface area contributed by atoms with Crippen LogP contribution >= 0.6 is 24.0 Å². The molecule has 0 saturated carbocycles. The SMILES string of the molecule is CC(C)Oc1ccc(/C(=C/C=C/C(=O)Nc2cccc3c2CC(O)CN3)c2ccc(Cl)cc2)cc1.Cl. The van der Waals surface area contributed by atoms with Crippen LogP contribution in [-0.2, 0) is 11.2 Å². The number of aliphatic hydroxyl groups excluding tert-OH is 1. The standard InChI is InChI=1S/C29H29ClN2O3.ClH/c1-19(2)35-24-15-11-21(12-16-24)25(20-9-13-22(30)14-10-20)5-3-8-29(34)32-28-7-4-6-27-26(28)17-23(33)18-31-27;/h3-16,19,23,31,33H,17-18H2,1-2H3,(H,32,34);1H/b8-3+,25-5+;. The van der Waals surface area contributed by atoms with Crippen LogP contribution in [0.25, 0.3) is 5.57 Å². The molecule has 1 atom stereocenters. The number of carbonyl (C=O) groups is 1. The molecule has 7 heteroatoms. The van der Waals surface area contributed by atoms with Gasteiger partial charge in [0.1, 0.15) is 5.75 Å². The van der Waals surface area contributed by atoms with Crippen LogP contribution in [0.3, 0.4) is 0 Å². The largest absolute Gasteiger partial charge is 0.491 e. The molecular formula is C29H30Cl2N2O3. The molecule has 4 rings (SSSR count). The van der Waals surface area contributed by atoms with Gasteiger partial charge in [-0.3, -0.25) is 4.79 Å². The number of halogens is 2. The predicted octanol–water partition coefficient (Wildman–Crippen LogP) is 6.50. The molecule has 3 aromatic carbocycles. The zero-order chi connectivity index (χ0) is 24.8. The van der Waals surface area contributed by atoms with E-state index >= 15 is 0 Å². The average molecular weight is 525 g/mol. The summed E-state index contributed by atoms with van der Waals surface area (Å²) in [5, 5.41) is 16.8. The van der Waals surface area contributed by atoms with Crippen molar-refractivity contribution in [1.82, 2.24) is 0 Å². The zero-order valence-electron chi connectivity index (χ0n) is 20.2. The van der Waals surface area contributed by atoms with Gasteiger partial charge in [-0.2, -0.15) is 0 Å². The first-order valence-corrected chi connectivity index (χ1v) is 12.0. The maximum absolute atomic E-state index is 12.7. The van der Waals surface area contributed by atoms with E-state index in [-0.39, 0.29) is 24.4 Å². The molecule has 36 heavy (non-hydrogen) atoms. The highest BCUT2D eigenvalue weighted by Gasteiger charge is 2.19. The molecule has 0 aliphatic carbocycles. The number of amides is 1. The molecule has 1 unspecified atom stereocenters. The lowest BCUT2D eigenvalue weighted by molar-refractivity contribution is -0.111. The van der Waals surface area contributed by atoms with Crippen LogP contribution in [0.4, 0.5) is 11.4 Å². The van der Waals surface area contributed by atoms with Gasteiger partial charge in [0.05, 0.1) is 12.2 Å². The van der Waals surface area contributed by atoms with E-state index in [0.29, 0.717) is 23.7 Å². The minimum Gasteiger partial charge on any atom is -0.491 e. The minimum absolute atomic E-state index is 0. The number of allylic oxidation sites excluding steroid dienone is 2. The number of benzene rings is 3. The van der Waals surface area contributed by atoms with Gasteiger partial charge in [-0.15, -0.1) is 12.4 Å². The Morgan fingerprint density at radius 1 is 1.08 bits per heavy atom. The normalized spacial score (nSPS) is 15.1. The highest BCUT2D eigenvalue weighted by atomic mass is 35.5. The molecule has 188 valence electrons. The third-order valence-electron chi connectivity index (χ3n) is 5.60. The zero-order valence-corrected chi connectivity index (χ0v) is 21.8. The Morgan fingerprint density at radius 3 is 2.42 bits per heavy atom. The molecule has 1 aliphatic rings. The molecule has 5 nitrogen and oxygen atoms in total. The highest BCUT2D eigenvalue weighted by Crippen LogP contribution is 2.29. The van der Waals surface area contributed by atoms with Crippen molar-refractivity contribution in [3.05, 3.63) is 107 Å². The average Bonchev–Trinajstić information content (AvgIpc) is 2.83. The Balaban J connectivity index is 0.00000361. The molecule has 0 spiro atoms. The van der Waals surface area contributed by atoms with E-state index in [9.17, 15) is 9.90 Å². The number of nitrogens with one attached hydrogen (secondary N) is 2. The number of β-amino-alcohol motifs (C(OH)–C–C–N with tert-alkyl or cyclic N) is 1. The second kappa shape index (κ2) is 12.6. The Hall–Kier alpha value is -3.25. The third kappa shape index (κ3) is 7.14. The molecule has 0 fully saturated rings. The molecule has 1 amide bonds. The summed E-state index contributed by atoms with van der Waals surface area (Å²) in [4.78, 5) is 12.7. The van der Waals surface area contributed by atoms with Crippen LogP contribution in [0.1, 0.15) is 30.5 Å². The Morgan fingerprint density at radius 2 is 1.75 bits per heavy atom. The first kappa shape index (κ1) is 27.3. The quantitative estimate of drug-likeness (QED) is 0.243. The second-order valence-electron chi connectivity index (χ2n) is 8.70. The first-order chi connectivity index (χ1) is 16.9. The van der Waals surface area contributed by atoms with Gasteiger partial charge in [0.25, 0.3) is 0 Å². The van der Waals surface area contributed by atoms with Crippen LogP contribution in [0.2, 0.25) is 5.02 Å². The molecule has 0 bridgehead atoms. The van der Waals surface area contributed by atoms with Crippen LogP contribution in [0.15, 0.2) is 85.0 Å². The van der Waals surface area contributed by atoms with Crippen LogP contribution in [-0.4, -0.2) is 29.8 Å². The summed E-state index contributed by atoms with van der Waals surface area (Å²) < 4.78 is 5.76. The van der Waals surface area contributed by atoms with Crippen LogP contribution in [0, 0.1) is 0 Å². The van der Waals surface area contributed by atoms with E-state index in [4.69, 9.17) is 16.3 Å². The topological polar surface area (TPSA) is 70.6 Å². The smallest absolute Gasteiger partial charge is 0.248 e. The van der Waals surface area contributed by atoms with Gasteiger partial charge in [0.15, 0.2) is 0 Å². The predicted molar refractivity (Wildman–Crippen MR) is 150 cm³/mol. The van der Waals surface area contributed by atoms with Crippen LogP contribution < -0.4 is 15.4 Å². The van der Waals surface area contributed by atoms with Gasteiger partial charge in [0, 0.05) is 41.0 Å². The number of hydrogen-bond acceptors (Lipinski definition) is 4. The second-order valence-corrected chi connectivity index (χ2v) is 9.13. The van der Waals surface area contributed by atoms with Crippen molar-refractivity contribution < 1.29 is 14.6 Å². The van der Waals surface area contributed by atoms with Crippen molar-refractivity contribution in [2.24, 2.45) is 0 Å². The number of rotatable bonds is 7. The molecule has 3 aromatic rings. The van der Waals surface area contributed by atoms with Crippen molar-refractivity contribution >= 4 is 46.9 Å². The molecule has 0 aromatic heterocycles. The lowest BCUT2D eigenvalue weighted by Gasteiger charge is -2.24. The minimum atomic E-state index is -0.474. The summed E-state index contributed by atoms with van der Waals surface area (Å²) in [7, 11) is 0. The van der Waals surface area contributed by atoms with Crippen LogP contribution in [0.5, 0.6) is 5.75 Å². The molecule has 1 heterocycles. The van der Waals surface area contributed by atoms with Gasteiger partial charge in [-0.05, 0) is 66.9 Å². The maximum atomic E-state index is 12.7. The van der Waals surface area contributed by atoms with Gasteiger partial charge >= 0.3 is 0 Å². The van der Waals surface area contributed by atoms with Gasteiger partial charge < -0.3 is 20.5 Å². The van der Waals surface area contributed by atoms with E-state index in [1.165, 1.54) is 6.08 Å². The lowest BCUT2D eigenvalue weighted by atomic mass is 9.97. The Labute approximate surface area is 223 Å². The summed E-state index contributed by atoms with van der Waals surface area (Å²) >= 11 is 6.09. The number of hydrogen-bond donors (Lipinski definition) is 3. The fraction of sp³-hybridized carbons (Fsp3) is 0.207. The van der Waals surface area contributed by atoms with Gasteiger partial charge in [0.2, 0.25) is 5.91 Å². The van der Waals surface area contributed by atoms with Crippen molar-refractivity contribution in [1.29, 1.82) is 0 Å². The van der Waals surface area contributed by atoms with E-state index in [2.05, 4.69) is 10.6 Å². The van der Waals surface area contributed by atoms with Gasteiger partial charge in [-0.25, -0.2) is 0 Å².